The number of hydrogen-bond acceptors (Lipinski definition) is 7. The molecule has 0 spiro atoms. The number of rotatable bonds is 6. The van der Waals surface area contributed by atoms with Crippen molar-refractivity contribution in [2.75, 3.05) is 26.1 Å². The van der Waals surface area contributed by atoms with Crippen LogP contribution in [0.25, 0.3) is 0 Å². The Bertz CT molecular complexity index is 1210. The number of fused-ring (bicyclic) bond motifs is 1. The van der Waals surface area contributed by atoms with Gasteiger partial charge in [-0.15, -0.1) is 13.2 Å². The van der Waals surface area contributed by atoms with Crippen molar-refractivity contribution in [3.05, 3.63) is 59.8 Å². The number of aliphatic hydroxyl groups excluding tert-OH is 1. The van der Waals surface area contributed by atoms with Crippen molar-refractivity contribution in [1.82, 2.24) is 14.5 Å². The number of imidazole rings is 1. The topological polar surface area (TPSA) is 89.3 Å². The summed E-state index contributed by atoms with van der Waals surface area (Å²) in [5, 5.41) is 10.4. The molecule has 180 valence electrons. The first-order valence-electron chi connectivity index (χ1n) is 10.0. The highest BCUT2D eigenvalue weighted by Crippen LogP contribution is 2.35. The molecule has 1 aromatic heterocycles. The van der Waals surface area contributed by atoms with E-state index in [1.165, 1.54) is 35.8 Å². The lowest BCUT2D eigenvalue weighted by Gasteiger charge is -2.36. The molecule has 1 atom stereocenters. The minimum atomic E-state index is -4.86. The predicted molar refractivity (Wildman–Crippen MR) is 114 cm³/mol. The number of ether oxygens (including phenoxy) is 3. The number of halogens is 3. The van der Waals surface area contributed by atoms with E-state index in [9.17, 15) is 23.1 Å². The van der Waals surface area contributed by atoms with Crippen molar-refractivity contribution in [3.8, 4) is 23.3 Å². The Kier molecular flexibility index (Phi) is 6.00. The van der Waals surface area contributed by atoms with Gasteiger partial charge in [-0.3, -0.25) is 14.3 Å². The molecule has 0 bridgehead atoms. The van der Waals surface area contributed by atoms with E-state index in [4.69, 9.17) is 9.47 Å². The van der Waals surface area contributed by atoms with Gasteiger partial charge in [-0.05, 0) is 29.8 Å². The minimum absolute atomic E-state index is 0.0139. The molecule has 0 radical (unpaired) electrons. The van der Waals surface area contributed by atoms with Crippen molar-refractivity contribution in [2.45, 2.75) is 19.3 Å². The van der Waals surface area contributed by atoms with Gasteiger partial charge in [0.05, 0.1) is 13.7 Å². The Balaban J connectivity index is 1.77. The maximum absolute atomic E-state index is 13.0. The lowest BCUT2D eigenvalue weighted by Crippen LogP contribution is -2.52. The number of benzene rings is 2. The van der Waals surface area contributed by atoms with Crippen LogP contribution in [0.15, 0.2) is 48.5 Å². The van der Waals surface area contributed by atoms with Gasteiger partial charge in [-0.2, -0.15) is 4.98 Å². The summed E-state index contributed by atoms with van der Waals surface area (Å²) < 4.78 is 54.4. The van der Waals surface area contributed by atoms with Crippen LogP contribution in [0, 0.1) is 0 Å². The average Bonchev–Trinajstić information content (AvgIpc) is 3.13. The molecule has 9 nitrogen and oxygen atoms in total. The van der Waals surface area contributed by atoms with Gasteiger partial charge in [0.2, 0.25) is 6.35 Å². The maximum atomic E-state index is 13.0. The number of hydrogen-bond donors (Lipinski definition) is 1. The third-order valence-corrected chi connectivity index (χ3v) is 5.19. The van der Waals surface area contributed by atoms with E-state index < -0.39 is 24.4 Å². The van der Waals surface area contributed by atoms with Gasteiger partial charge in [0, 0.05) is 20.2 Å². The fraction of sp³-hybridized carbons (Fsp3) is 0.273. The number of aromatic nitrogens is 2. The molecule has 1 aliphatic rings. The van der Waals surface area contributed by atoms with Crippen LogP contribution < -0.4 is 19.1 Å². The molecular weight excluding hydrogens is 457 g/mol. The zero-order chi connectivity index (χ0) is 24.6. The van der Waals surface area contributed by atoms with Crippen LogP contribution in [0.3, 0.4) is 0 Å². The molecule has 1 N–H and O–H groups in total. The van der Waals surface area contributed by atoms with Crippen LogP contribution in [-0.4, -0.2) is 59.4 Å². The minimum Gasteiger partial charge on any atom is -0.497 e. The molecule has 2 aromatic carbocycles. The van der Waals surface area contributed by atoms with Crippen LogP contribution in [0.5, 0.6) is 23.3 Å². The van der Waals surface area contributed by atoms with Crippen LogP contribution >= 0.6 is 0 Å². The summed E-state index contributed by atoms with van der Waals surface area (Å²) in [6, 6.07) is 12.0. The SMILES string of the molecule is COc1cccc(Cn2c(Oc3cccc(OC(F)(F)F)c3)nc3c2C(=O)N(C)C(O)N3C)c1. The van der Waals surface area contributed by atoms with Crippen LogP contribution in [0.1, 0.15) is 16.1 Å². The third-order valence-electron chi connectivity index (χ3n) is 5.19. The molecule has 0 fully saturated rings. The zero-order valence-corrected chi connectivity index (χ0v) is 18.4. The number of carbonyl (C=O) groups is 1. The number of amides is 1. The molecular formula is C22H21F3N4O5. The highest BCUT2D eigenvalue weighted by molar-refractivity contribution is 5.99. The number of nitrogens with zero attached hydrogens (tertiary/aromatic N) is 4. The molecule has 4 rings (SSSR count). The van der Waals surface area contributed by atoms with E-state index in [0.717, 1.165) is 22.6 Å². The van der Waals surface area contributed by atoms with Gasteiger partial charge in [0.25, 0.3) is 5.91 Å². The van der Waals surface area contributed by atoms with E-state index in [2.05, 4.69) is 9.72 Å². The monoisotopic (exact) mass is 478 g/mol. The van der Waals surface area contributed by atoms with Crippen molar-refractivity contribution >= 4 is 11.7 Å². The van der Waals surface area contributed by atoms with Crippen molar-refractivity contribution in [2.24, 2.45) is 0 Å². The molecule has 0 aliphatic carbocycles. The normalized spacial score (nSPS) is 15.9. The fourth-order valence-corrected chi connectivity index (χ4v) is 3.54. The van der Waals surface area contributed by atoms with E-state index in [0.29, 0.717) is 5.75 Å². The lowest BCUT2D eigenvalue weighted by molar-refractivity contribution is -0.274. The largest absolute Gasteiger partial charge is 0.573 e. The lowest BCUT2D eigenvalue weighted by atomic mass is 10.2. The third kappa shape index (κ3) is 4.57. The second-order valence-corrected chi connectivity index (χ2v) is 7.50. The summed E-state index contributed by atoms with van der Waals surface area (Å²) in [7, 11) is 4.52. The molecule has 0 saturated heterocycles. The first kappa shape index (κ1) is 23.2. The Labute approximate surface area is 192 Å². The summed E-state index contributed by atoms with van der Waals surface area (Å²) >= 11 is 0. The Morgan fingerprint density at radius 3 is 2.41 bits per heavy atom. The summed E-state index contributed by atoms with van der Waals surface area (Å²) in [4.78, 5) is 19.9. The smallest absolute Gasteiger partial charge is 0.497 e. The van der Waals surface area contributed by atoms with Crippen LogP contribution in [0.4, 0.5) is 19.0 Å². The second-order valence-electron chi connectivity index (χ2n) is 7.50. The van der Waals surface area contributed by atoms with E-state index in [1.54, 1.807) is 25.2 Å². The summed E-state index contributed by atoms with van der Waals surface area (Å²) in [6.07, 6.45) is -6.12. The summed E-state index contributed by atoms with van der Waals surface area (Å²) in [6.45, 7) is 0.136. The molecule has 12 heteroatoms. The van der Waals surface area contributed by atoms with Crippen molar-refractivity contribution in [3.63, 3.8) is 0 Å². The van der Waals surface area contributed by atoms with Crippen LogP contribution in [-0.2, 0) is 6.54 Å². The average molecular weight is 478 g/mol. The predicted octanol–water partition coefficient (Wildman–Crippen LogP) is 3.43. The van der Waals surface area contributed by atoms with Gasteiger partial charge < -0.3 is 24.2 Å². The highest BCUT2D eigenvalue weighted by Gasteiger charge is 2.38. The molecule has 3 aromatic rings. The molecule has 1 amide bonds. The van der Waals surface area contributed by atoms with Crippen molar-refractivity contribution in [1.29, 1.82) is 0 Å². The molecule has 1 aliphatic heterocycles. The van der Waals surface area contributed by atoms with Gasteiger partial charge in [0.1, 0.15) is 17.2 Å². The van der Waals surface area contributed by atoms with E-state index in [1.807, 2.05) is 6.07 Å². The van der Waals surface area contributed by atoms with Crippen LogP contribution in [0.2, 0.25) is 0 Å². The van der Waals surface area contributed by atoms with Gasteiger partial charge in [-0.25, -0.2) is 0 Å². The first-order valence-corrected chi connectivity index (χ1v) is 10.0. The van der Waals surface area contributed by atoms with Gasteiger partial charge in [0.15, 0.2) is 11.5 Å². The Hall–Kier alpha value is -3.93. The Morgan fingerprint density at radius 1 is 1.03 bits per heavy atom. The number of anilines is 1. The molecule has 34 heavy (non-hydrogen) atoms. The number of alkyl halides is 3. The first-order chi connectivity index (χ1) is 16.1. The molecule has 1 unspecified atom stereocenters. The zero-order valence-electron chi connectivity index (χ0n) is 18.4. The van der Waals surface area contributed by atoms with Gasteiger partial charge in [-0.1, -0.05) is 18.2 Å². The van der Waals surface area contributed by atoms with E-state index in [-0.39, 0.29) is 29.8 Å². The molecule has 2 heterocycles. The fourth-order valence-electron chi connectivity index (χ4n) is 3.54. The Morgan fingerprint density at radius 2 is 1.71 bits per heavy atom. The van der Waals surface area contributed by atoms with E-state index >= 15 is 0 Å². The second kappa shape index (κ2) is 8.78. The number of methoxy groups -OCH3 is 1. The maximum Gasteiger partial charge on any atom is 0.573 e. The van der Waals surface area contributed by atoms with Crippen molar-refractivity contribution < 1.29 is 37.3 Å². The summed E-state index contributed by atoms with van der Waals surface area (Å²) in [5.74, 6) is -0.192. The van der Waals surface area contributed by atoms with Gasteiger partial charge >= 0.3 is 12.4 Å². The summed E-state index contributed by atoms with van der Waals surface area (Å²) in [5.41, 5.74) is 0.901. The number of aliphatic hydroxyl groups is 1. The number of carbonyl (C=O) groups excluding carboxylic acids is 1. The standard InChI is InChI=1S/C22H21F3N4O5/c1-27-18-17(19(30)28(2)21(27)31)29(12-13-6-4-7-14(10-13)32-3)20(26-18)33-15-8-5-9-16(11-15)34-22(23,24)25/h4-11,21,31H,12H2,1-3H3. The highest BCUT2D eigenvalue weighted by atomic mass is 19.4. The molecule has 0 saturated carbocycles. The quantitative estimate of drug-likeness (QED) is 0.581.